The molecule has 1 spiro atoms. The average Bonchev–Trinajstić information content (AvgIpc) is 2.54. The molecule has 1 heterocycles. The Labute approximate surface area is 161 Å². The Kier molecular flexibility index (Phi) is 9.65. The van der Waals surface area contributed by atoms with Crippen LogP contribution in [0, 0.1) is 0 Å². The van der Waals surface area contributed by atoms with Gasteiger partial charge in [-0.15, -0.1) is 24.0 Å². The highest BCUT2D eigenvalue weighted by Crippen LogP contribution is 2.42. The summed E-state index contributed by atoms with van der Waals surface area (Å²) in [6.45, 7) is 5.56. The number of hydrogen-bond donors (Lipinski definition) is 1. The van der Waals surface area contributed by atoms with Gasteiger partial charge in [0.05, 0.1) is 20.1 Å². The molecule has 0 aromatic rings. The zero-order chi connectivity index (χ0) is 15.8. The lowest BCUT2D eigenvalue weighted by molar-refractivity contribution is -0.140. The van der Waals surface area contributed by atoms with Gasteiger partial charge in [-0.25, -0.2) is 0 Å². The van der Waals surface area contributed by atoms with Crippen LogP contribution in [0.4, 0.5) is 0 Å². The second-order valence-corrected chi connectivity index (χ2v) is 7.64. The van der Waals surface area contributed by atoms with E-state index in [1.54, 1.807) is 0 Å². The first kappa shape index (κ1) is 20.9. The molecule has 7 heteroatoms. The van der Waals surface area contributed by atoms with Crippen molar-refractivity contribution >= 4 is 47.7 Å². The minimum atomic E-state index is -0.197. The van der Waals surface area contributed by atoms with E-state index in [9.17, 15) is 4.79 Å². The predicted molar refractivity (Wildman–Crippen MR) is 108 cm³/mol. The average molecular weight is 455 g/mol. The van der Waals surface area contributed by atoms with Crippen LogP contribution in [0.3, 0.4) is 0 Å². The molecule has 2 rings (SSSR count). The zero-order valence-corrected chi connectivity index (χ0v) is 17.5. The quantitative estimate of drug-likeness (QED) is 0.306. The van der Waals surface area contributed by atoms with E-state index >= 15 is 0 Å². The van der Waals surface area contributed by atoms with Gasteiger partial charge < -0.3 is 15.0 Å². The molecule has 0 unspecified atom stereocenters. The molecular weight excluding hydrogens is 425 g/mol. The van der Waals surface area contributed by atoms with Crippen LogP contribution in [0.15, 0.2) is 4.99 Å². The highest BCUT2D eigenvalue weighted by atomic mass is 127. The summed E-state index contributed by atoms with van der Waals surface area (Å²) in [5.41, 5.74) is 0. The molecule has 2 aliphatic rings. The van der Waals surface area contributed by atoms with E-state index in [0.29, 0.717) is 17.7 Å². The largest absolute Gasteiger partial charge is 0.469 e. The molecule has 1 N–H and O–H groups in total. The van der Waals surface area contributed by atoms with Crippen molar-refractivity contribution < 1.29 is 9.53 Å². The van der Waals surface area contributed by atoms with Crippen LogP contribution < -0.4 is 5.32 Å². The number of nitrogens with one attached hydrogen (secondary N) is 1. The standard InChI is InChI=1S/C16H29N3O2S.HI/c1-3-17-15(18-10-7-14(20)21-2)19-11-12-22-16(13-19)8-5-4-6-9-16;/h3-13H2,1-2H3,(H,17,18);1H. The number of aliphatic imine (C=N–C) groups is 1. The summed E-state index contributed by atoms with van der Waals surface area (Å²) in [5, 5.41) is 3.38. The minimum Gasteiger partial charge on any atom is -0.469 e. The highest BCUT2D eigenvalue weighted by Gasteiger charge is 2.38. The number of carbonyl (C=O) groups is 1. The molecule has 2 fully saturated rings. The number of nitrogens with zero attached hydrogens (tertiary/aromatic N) is 2. The van der Waals surface area contributed by atoms with Crippen LogP contribution in [0.2, 0.25) is 0 Å². The molecule has 1 saturated heterocycles. The maximum Gasteiger partial charge on any atom is 0.307 e. The number of thioether (sulfide) groups is 1. The Balaban J connectivity index is 0.00000264. The third-order valence-electron chi connectivity index (χ3n) is 4.45. The maximum absolute atomic E-state index is 11.2. The van der Waals surface area contributed by atoms with Crippen molar-refractivity contribution in [3.8, 4) is 0 Å². The van der Waals surface area contributed by atoms with Crippen LogP contribution in [-0.2, 0) is 9.53 Å². The molecule has 0 amide bonds. The topological polar surface area (TPSA) is 53.9 Å². The molecule has 1 aliphatic heterocycles. The lowest BCUT2D eigenvalue weighted by Gasteiger charge is -2.45. The molecule has 5 nitrogen and oxygen atoms in total. The number of halogens is 1. The van der Waals surface area contributed by atoms with Crippen LogP contribution >= 0.6 is 35.7 Å². The van der Waals surface area contributed by atoms with Crippen molar-refractivity contribution in [3.63, 3.8) is 0 Å². The van der Waals surface area contributed by atoms with Crippen LogP contribution in [-0.4, -0.2) is 60.6 Å². The van der Waals surface area contributed by atoms with Gasteiger partial charge in [0.25, 0.3) is 0 Å². The van der Waals surface area contributed by atoms with Gasteiger partial charge in [-0.05, 0) is 19.8 Å². The first-order valence-electron chi connectivity index (χ1n) is 8.43. The second-order valence-electron chi connectivity index (χ2n) is 6.08. The first-order valence-corrected chi connectivity index (χ1v) is 9.42. The van der Waals surface area contributed by atoms with E-state index < -0.39 is 0 Å². The third-order valence-corrected chi connectivity index (χ3v) is 5.99. The Morgan fingerprint density at radius 3 is 2.74 bits per heavy atom. The van der Waals surface area contributed by atoms with Gasteiger partial charge in [0.1, 0.15) is 0 Å². The van der Waals surface area contributed by atoms with Crippen molar-refractivity contribution in [2.24, 2.45) is 4.99 Å². The minimum absolute atomic E-state index is 0. The molecule has 0 bridgehead atoms. The number of methoxy groups -OCH3 is 1. The Bertz CT molecular complexity index is 395. The van der Waals surface area contributed by atoms with Crippen molar-refractivity contribution in [1.82, 2.24) is 10.2 Å². The Morgan fingerprint density at radius 1 is 1.35 bits per heavy atom. The van der Waals surface area contributed by atoms with Gasteiger partial charge in [0.2, 0.25) is 0 Å². The summed E-state index contributed by atoms with van der Waals surface area (Å²) < 4.78 is 5.11. The van der Waals surface area contributed by atoms with E-state index in [0.717, 1.165) is 25.6 Å². The van der Waals surface area contributed by atoms with E-state index in [4.69, 9.17) is 0 Å². The van der Waals surface area contributed by atoms with Crippen LogP contribution in [0.25, 0.3) is 0 Å². The van der Waals surface area contributed by atoms with E-state index in [2.05, 4.69) is 38.6 Å². The molecule has 1 saturated carbocycles. The van der Waals surface area contributed by atoms with Crippen molar-refractivity contribution in [2.75, 3.05) is 39.0 Å². The second kappa shape index (κ2) is 10.6. The number of carbonyl (C=O) groups excluding carboxylic acids is 1. The highest BCUT2D eigenvalue weighted by molar-refractivity contribution is 14.0. The summed E-state index contributed by atoms with van der Waals surface area (Å²) in [5.74, 6) is 1.93. The third kappa shape index (κ3) is 6.32. The summed E-state index contributed by atoms with van der Waals surface area (Å²) in [7, 11) is 1.42. The number of guanidine groups is 1. The fourth-order valence-corrected chi connectivity index (χ4v) is 4.87. The Hall–Kier alpha value is -0.180. The molecule has 0 radical (unpaired) electrons. The van der Waals surface area contributed by atoms with Gasteiger partial charge in [0, 0.05) is 30.1 Å². The van der Waals surface area contributed by atoms with E-state index in [1.807, 2.05) is 0 Å². The summed E-state index contributed by atoms with van der Waals surface area (Å²) in [4.78, 5) is 18.3. The van der Waals surface area contributed by atoms with Gasteiger partial charge in [0.15, 0.2) is 5.96 Å². The molecule has 134 valence electrons. The predicted octanol–water partition coefficient (Wildman–Crippen LogP) is 2.88. The van der Waals surface area contributed by atoms with Gasteiger partial charge in [-0.2, -0.15) is 11.8 Å². The molecule has 0 atom stereocenters. The fourth-order valence-electron chi connectivity index (χ4n) is 3.31. The fraction of sp³-hybridized carbons (Fsp3) is 0.875. The van der Waals surface area contributed by atoms with Gasteiger partial charge in [-0.3, -0.25) is 9.79 Å². The number of rotatable bonds is 4. The van der Waals surface area contributed by atoms with Crippen molar-refractivity contribution in [2.45, 2.75) is 50.2 Å². The number of esters is 1. The van der Waals surface area contributed by atoms with Crippen LogP contribution in [0.5, 0.6) is 0 Å². The zero-order valence-electron chi connectivity index (χ0n) is 14.3. The number of hydrogen-bond acceptors (Lipinski definition) is 4. The molecule has 0 aromatic heterocycles. The molecular formula is C16H30IN3O2S. The maximum atomic E-state index is 11.2. The van der Waals surface area contributed by atoms with Gasteiger partial charge >= 0.3 is 5.97 Å². The normalized spacial score (nSPS) is 20.8. The van der Waals surface area contributed by atoms with Gasteiger partial charge in [-0.1, -0.05) is 19.3 Å². The number of ether oxygens (including phenoxy) is 1. The SMILES string of the molecule is CCNC(=NCCC(=O)OC)N1CCSC2(CCCCC2)C1.I. The van der Waals surface area contributed by atoms with Crippen molar-refractivity contribution in [3.05, 3.63) is 0 Å². The summed E-state index contributed by atoms with van der Waals surface area (Å²) in [6, 6.07) is 0. The molecule has 0 aromatic carbocycles. The monoisotopic (exact) mass is 455 g/mol. The molecule has 1 aliphatic carbocycles. The summed E-state index contributed by atoms with van der Waals surface area (Å²) in [6.07, 6.45) is 7.11. The smallest absolute Gasteiger partial charge is 0.307 e. The lowest BCUT2D eigenvalue weighted by atomic mass is 9.87. The van der Waals surface area contributed by atoms with E-state index in [1.165, 1.54) is 45.0 Å². The van der Waals surface area contributed by atoms with Crippen LogP contribution in [0.1, 0.15) is 45.4 Å². The first-order chi connectivity index (χ1) is 10.7. The lowest BCUT2D eigenvalue weighted by Crippen LogP contribution is -2.53. The van der Waals surface area contributed by atoms with Crippen molar-refractivity contribution in [1.29, 1.82) is 0 Å². The Morgan fingerprint density at radius 2 is 2.09 bits per heavy atom. The molecule has 23 heavy (non-hydrogen) atoms. The van der Waals surface area contributed by atoms with E-state index in [-0.39, 0.29) is 29.9 Å². The summed E-state index contributed by atoms with van der Waals surface area (Å²) >= 11 is 2.16.